The monoisotopic (exact) mass is 838 g/mol. The largest absolute Gasteiger partial charge is 1.00 e. The molecule has 2 aliphatic rings. The molecule has 55 heavy (non-hydrogen) atoms. The van der Waals surface area contributed by atoms with E-state index in [2.05, 4.69) is 4.81 Å². The number of hydrogen-bond acceptors (Lipinski definition) is 15. The van der Waals surface area contributed by atoms with Crippen LogP contribution >= 0.6 is 0 Å². The van der Waals surface area contributed by atoms with E-state index >= 15 is 0 Å². The van der Waals surface area contributed by atoms with Crippen LogP contribution in [0.4, 0.5) is 0 Å². The smallest absolute Gasteiger partial charge is 0 e. The van der Waals surface area contributed by atoms with E-state index in [0.717, 1.165) is 5.56 Å². The quantitative estimate of drug-likeness (QED) is 0.0577. The topological polar surface area (TPSA) is 209 Å². The van der Waals surface area contributed by atoms with Gasteiger partial charge in [-0.25, -0.2) is 0 Å². The Labute approximate surface area is 376 Å². The van der Waals surface area contributed by atoms with Crippen LogP contribution in [-0.4, -0.2) is 121 Å². The van der Waals surface area contributed by atoms with Crippen molar-refractivity contribution < 1.29 is 124 Å². The van der Waals surface area contributed by atoms with E-state index in [1.807, 2.05) is 79.7 Å². The molecule has 0 aliphatic carbocycles. The molecule has 2 saturated heterocycles. The van der Waals surface area contributed by atoms with Gasteiger partial charge < -0.3 is 43.7 Å². The maximum Gasteiger partial charge on any atom is 1.00 e. The molecular weight excluding hydrogens is 766 g/mol. The summed E-state index contributed by atoms with van der Waals surface area (Å²) < 4.78 is 68.1. The molecule has 0 saturated carbocycles. The first kappa shape index (κ1) is 66.1. The second kappa shape index (κ2) is 40.0. The van der Waals surface area contributed by atoms with E-state index < -0.39 is 27.8 Å². The summed E-state index contributed by atoms with van der Waals surface area (Å²) in [5.41, 5.74) is 1.02. The number of aliphatic hydroxyl groups is 2. The number of rotatable bonds is 15. The summed E-state index contributed by atoms with van der Waals surface area (Å²) in [5.74, 6) is -0.969. The third-order valence-electron chi connectivity index (χ3n) is 5.95. The minimum absolute atomic E-state index is 0. The molecule has 2 aliphatic heterocycles. The van der Waals surface area contributed by atoms with E-state index in [-0.39, 0.29) is 126 Å². The van der Waals surface area contributed by atoms with E-state index in [4.69, 9.17) is 52.8 Å². The zero-order valence-electron chi connectivity index (χ0n) is 32.1. The number of hydrogen-bond donors (Lipinski definition) is 3. The Hall–Kier alpha value is -0.749. The molecule has 1 aromatic carbocycles. The molecule has 320 valence electrons. The number of aryl methyl sites for hydroxylation is 1. The second-order valence-electron chi connectivity index (χ2n) is 11.4. The van der Waals surface area contributed by atoms with Crippen molar-refractivity contribution in [3.63, 3.8) is 0 Å². The molecule has 3 unspecified atom stereocenters. The first-order valence-electron chi connectivity index (χ1n) is 16.3. The van der Waals surface area contributed by atoms with Gasteiger partial charge >= 0.3 is 73.5 Å². The first-order chi connectivity index (χ1) is 24.1. The molecule has 15 nitrogen and oxygen atoms in total. The van der Waals surface area contributed by atoms with Crippen molar-refractivity contribution in [1.82, 2.24) is 0 Å². The van der Waals surface area contributed by atoms with Crippen molar-refractivity contribution >= 4 is 17.5 Å². The fraction of sp³-hybridized carbons (Fsp3) is 0.676. The molecule has 0 radical (unpaired) electrons. The molecule has 3 atom stereocenters. The van der Waals surface area contributed by atoms with Crippen molar-refractivity contribution in [1.29, 1.82) is 0 Å². The molecule has 0 amide bonds. The Morgan fingerprint density at radius 2 is 1.33 bits per heavy atom. The van der Waals surface area contributed by atoms with Gasteiger partial charge in [0, 0.05) is 1.43 Å². The van der Waals surface area contributed by atoms with Crippen LogP contribution in [0.25, 0.3) is 0 Å². The van der Waals surface area contributed by atoms with Crippen molar-refractivity contribution in [2.24, 2.45) is 0 Å². The van der Waals surface area contributed by atoms with Gasteiger partial charge in [0.25, 0.3) is 10.1 Å². The minimum atomic E-state index is -3.60. The van der Waals surface area contributed by atoms with Gasteiger partial charge in [0.05, 0.1) is 63.9 Å². The normalized spacial score (nSPS) is 18.0. The van der Waals surface area contributed by atoms with Gasteiger partial charge in [-0.3, -0.25) is 4.18 Å². The molecule has 0 bridgehead atoms. The predicted octanol–water partition coefficient (Wildman–Crippen LogP) is 2.04. The van der Waals surface area contributed by atoms with Crippen molar-refractivity contribution in [3.8, 4) is 0 Å². The summed E-state index contributed by atoms with van der Waals surface area (Å²) in [6, 6.07) is 6.57. The zero-order chi connectivity index (χ0) is 39.2. The van der Waals surface area contributed by atoms with Gasteiger partial charge in [0.2, 0.25) is 0 Å². The Morgan fingerprint density at radius 1 is 0.891 bits per heavy atom. The van der Waals surface area contributed by atoms with Crippen molar-refractivity contribution in [2.45, 2.75) is 112 Å². The van der Waals surface area contributed by atoms with Crippen LogP contribution < -0.4 is 56.5 Å². The van der Waals surface area contributed by atoms with E-state index in [0.29, 0.717) is 33.0 Å². The number of allylic oxidation sites excluding steroid dienone is 3. The SMILES string of the molecule is C.C.C.CC1(C)OCC(C[O-])O1.CC=CCOCC(O)CO.CC=CCOCC1COC(C)(C)O1.CC=CCOS(=O)(=O)c1ccc(C)cc1.O=BOO.[HH].[K+]. The first-order valence-corrected chi connectivity index (χ1v) is 17.7. The van der Waals surface area contributed by atoms with Crippen LogP contribution in [0.15, 0.2) is 65.6 Å². The standard InChI is InChI=1S/C11H14O3S.C10H18O3.C7H14O3.C6H11O3.3CH4.BHO3.K.H2/c1-3-4-9-14-15(12,13)11-7-5-10(2)6-8-11;1-4-5-6-11-7-9-8-12-10(2,3)13-9;1-2-3-4-10-6-7(9)5-8;1-6(2)8-4-5(3-7)9-6;;;;2-1-4-3;;/h3-8H,9H2,1-2H3;4-5,9H,6-8H2,1-3H3;2-3,7-9H,4-6H2,1H3;5H,3-4H2,1-2H3;3*1H4;3H;;1H/q;;;-1;;;;;+1;. The molecule has 3 rings (SSSR count). The second-order valence-corrected chi connectivity index (χ2v) is 13.1. The Morgan fingerprint density at radius 3 is 1.69 bits per heavy atom. The van der Waals surface area contributed by atoms with E-state index in [9.17, 15) is 13.5 Å². The van der Waals surface area contributed by atoms with Crippen LogP contribution in [0, 0.1) is 6.92 Å². The van der Waals surface area contributed by atoms with Gasteiger partial charge in [-0.2, -0.15) is 8.42 Å². The Balaban J connectivity index is -0.000000109. The fourth-order valence-electron chi connectivity index (χ4n) is 3.47. The molecule has 0 spiro atoms. The third-order valence-corrected chi connectivity index (χ3v) is 7.25. The molecule has 2 fully saturated rings. The maximum absolute atomic E-state index is 11.6. The fourth-order valence-corrected chi connectivity index (χ4v) is 4.34. The van der Waals surface area contributed by atoms with Crippen LogP contribution in [0.5, 0.6) is 0 Å². The molecular formula is C37H72BKO15S. The van der Waals surface area contributed by atoms with Gasteiger partial charge in [0.1, 0.15) is 12.2 Å². The summed E-state index contributed by atoms with van der Waals surface area (Å²) in [6.07, 6.45) is 10.1. The van der Waals surface area contributed by atoms with Gasteiger partial charge in [0.15, 0.2) is 11.6 Å². The Kier molecular flexibility index (Phi) is 48.1. The van der Waals surface area contributed by atoms with Crippen LogP contribution in [0.3, 0.4) is 0 Å². The summed E-state index contributed by atoms with van der Waals surface area (Å²) in [5, 5.41) is 34.3. The van der Waals surface area contributed by atoms with Crippen LogP contribution in [0.1, 0.15) is 77.7 Å². The minimum Gasteiger partial charge on any atom is 0 e. The summed E-state index contributed by atoms with van der Waals surface area (Å²) in [4.78, 5) is 3.05. The summed E-state index contributed by atoms with van der Waals surface area (Å²) in [7, 11) is -3.67. The van der Waals surface area contributed by atoms with Gasteiger partial charge in [-0.15, -0.1) is 6.61 Å². The predicted molar refractivity (Wildman–Crippen MR) is 211 cm³/mol. The summed E-state index contributed by atoms with van der Waals surface area (Å²) in [6.45, 7) is 17.7. The van der Waals surface area contributed by atoms with Crippen molar-refractivity contribution in [2.75, 3.05) is 59.5 Å². The Bertz CT molecular complexity index is 1200. The average molecular weight is 839 g/mol. The molecule has 18 heteroatoms. The zero-order valence-corrected chi connectivity index (χ0v) is 36.0. The summed E-state index contributed by atoms with van der Waals surface area (Å²) >= 11 is 0. The van der Waals surface area contributed by atoms with E-state index in [1.54, 1.807) is 36.4 Å². The number of benzene rings is 1. The maximum atomic E-state index is 11.6. The average Bonchev–Trinajstić information content (AvgIpc) is 3.65. The molecule has 1 aromatic rings. The third kappa shape index (κ3) is 38.5. The van der Waals surface area contributed by atoms with Crippen LogP contribution in [-0.2, 0) is 52.2 Å². The van der Waals surface area contributed by atoms with Gasteiger partial charge in [-0.1, -0.05) is 76.4 Å². The number of aliphatic hydroxyl groups excluding tert-OH is 2. The van der Waals surface area contributed by atoms with Crippen LogP contribution in [0.2, 0.25) is 0 Å². The van der Waals surface area contributed by atoms with Crippen molar-refractivity contribution in [3.05, 3.63) is 66.3 Å². The molecule has 3 N–H and O–H groups in total. The van der Waals surface area contributed by atoms with E-state index in [1.165, 1.54) is 0 Å². The molecule has 0 aromatic heterocycles. The number of ether oxygens (including phenoxy) is 6. The van der Waals surface area contributed by atoms with Gasteiger partial charge in [-0.05, 0) is 67.5 Å². The molecule has 2 heterocycles.